The molecule has 172 valence electrons. The maximum atomic E-state index is 12.8. The molecule has 0 spiro atoms. The molecule has 1 aromatic heterocycles. The van der Waals surface area contributed by atoms with Gasteiger partial charge in [-0.1, -0.05) is 37.3 Å². The number of hydrogen-bond acceptors (Lipinski definition) is 5. The number of nitrogens with one attached hydrogen (secondary N) is 1. The van der Waals surface area contributed by atoms with Gasteiger partial charge in [-0.25, -0.2) is 14.8 Å². The fourth-order valence-corrected chi connectivity index (χ4v) is 4.17. The zero-order chi connectivity index (χ0) is 23.2. The molecule has 2 aromatic carbocycles. The highest BCUT2D eigenvalue weighted by molar-refractivity contribution is 5.89. The van der Waals surface area contributed by atoms with Gasteiger partial charge in [0.05, 0.1) is 7.11 Å². The molecule has 0 saturated carbocycles. The first-order valence-electron chi connectivity index (χ1n) is 11.4. The molecular formula is C26H31N5O2. The summed E-state index contributed by atoms with van der Waals surface area (Å²) in [6.07, 6.45) is 1.67. The van der Waals surface area contributed by atoms with Gasteiger partial charge in [0.25, 0.3) is 0 Å². The Balaban J connectivity index is 1.46. The summed E-state index contributed by atoms with van der Waals surface area (Å²) in [5.41, 5.74) is 4.29. The predicted octanol–water partition coefficient (Wildman–Crippen LogP) is 4.30. The van der Waals surface area contributed by atoms with Gasteiger partial charge in [0.15, 0.2) is 0 Å². The van der Waals surface area contributed by atoms with Crippen molar-refractivity contribution >= 4 is 17.5 Å². The van der Waals surface area contributed by atoms with Crippen molar-refractivity contribution in [3.05, 3.63) is 77.2 Å². The van der Waals surface area contributed by atoms with E-state index in [0.717, 1.165) is 54.7 Å². The Morgan fingerprint density at radius 2 is 1.70 bits per heavy atom. The van der Waals surface area contributed by atoms with E-state index >= 15 is 0 Å². The number of anilines is 2. The smallest absolute Gasteiger partial charge is 0.321 e. The van der Waals surface area contributed by atoms with Crippen molar-refractivity contribution in [2.45, 2.75) is 26.7 Å². The second-order valence-corrected chi connectivity index (χ2v) is 8.17. The van der Waals surface area contributed by atoms with Crippen LogP contribution in [0.25, 0.3) is 0 Å². The quantitative estimate of drug-likeness (QED) is 0.613. The van der Waals surface area contributed by atoms with Crippen LogP contribution in [0.5, 0.6) is 5.75 Å². The van der Waals surface area contributed by atoms with Crippen molar-refractivity contribution < 1.29 is 9.53 Å². The minimum absolute atomic E-state index is 0.0857. The Morgan fingerprint density at radius 1 is 1.00 bits per heavy atom. The minimum atomic E-state index is -0.0857. The number of methoxy groups -OCH3 is 1. The van der Waals surface area contributed by atoms with Crippen LogP contribution >= 0.6 is 0 Å². The largest absolute Gasteiger partial charge is 0.497 e. The third kappa shape index (κ3) is 5.42. The van der Waals surface area contributed by atoms with Crippen LogP contribution in [0.3, 0.4) is 0 Å². The molecule has 1 fully saturated rings. The molecule has 1 N–H and O–H groups in total. The predicted molar refractivity (Wildman–Crippen MR) is 131 cm³/mol. The molecule has 7 nitrogen and oxygen atoms in total. The topological polar surface area (TPSA) is 70.6 Å². The van der Waals surface area contributed by atoms with E-state index in [9.17, 15) is 4.79 Å². The molecule has 0 unspecified atom stereocenters. The molecule has 4 rings (SSSR count). The molecule has 33 heavy (non-hydrogen) atoms. The number of benzene rings is 2. The van der Waals surface area contributed by atoms with Gasteiger partial charge in [-0.15, -0.1) is 0 Å². The fourth-order valence-electron chi connectivity index (χ4n) is 4.17. The summed E-state index contributed by atoms with van der Waals surface area (Å²) in [5, 5.41) is 2.98. The van der Waals surface area contributed by atoms with Crippen LogP contribution in [-0.4, -0.2) is 54.2 Å². The Kier molecular flexibility index (Phi) is 7.07. The molecule has 1 aliphatic rings. The summed E-state index contributed by atoms with van der Waals surface area (Å²) in [6, 6.07) is 17.7. The molecule has 3 aromatic rings. The van der Waals surface area contributed by atoms with E-state index < -0.39 is 0 Å². The average Bonchev–Trinajstić information content (AvgIpc) is 2.86. The Morgan fingerprint density at radius 3 is 2.33 bits per heavy atom. The Hall–Kier alpha value is -3.61. The lowest BCUT2D eigenvalue weighted by atomic mass is 10.0. The van der Waals surface area contributed by atoms with Crippen molar-refractivity contribution in [2.75, 3.05) is 43.5 Å². The Labute approximate surface area is 195 Å². The maximum absolute atomic E-state index is 12.8. The number of aryl methyl sites for hydroxylation is 2. The number of carbonyl (C=O) groups is 1. The SMILES string of the molecule is CCc1nc(C)nc(N2CCN(C(=O)Nc3ccc(OC)cc3)CC2)c1Cc1ccccc1. The lowest BCUT2D eigenvalue weighted by Crippen LogP contribution is -2.50. The van der Waals surface area contributed by atoms with E-state index in [1.807, 2.05) is 42.2 Å². The van der Waals surface area contributed by atoms with Gasteiger partial charge < -0.3 is 19.9 Å². The first-order valence-corrected chi connectivity index (χ1v) is 11.4. The molecule has 0 aliphatic carbocycles. The lowest BCUT2D eigenvalue weighted by molar-refractivity contribution is 0.208. The number of nitrogens with zero attached hydrogens (tertiary/aromatic N) is 4. The van der Waals surface area contributed by atoms with Crippen molar-refractivity contribution in [3.8, 4) is 5.75 Å². The van der Waals surface area contributed by atoms with Crippen LogP contribution in [0.2, 0.25) is 0 Å². The van der Waals surface area contributed by atoms with E-state index in [0.29, 0.717) is 13.1 Å². The molecule has 0 radical (unpaired) electrons. The van der Waals surface area contributed by atoms with Crippen LogP contribution in [0.15, 0.2) is 54.6 Å². The number of hydrogen-bond donors (Lipinski definition) is 1. The van der Waals surface area contributed by atoms with Crippen molar-refractivity contribution in [2.24, 2.45) is 0 Å². The van der Waals surface area contributed by atoms with Crippen LogP contribution in [0.4, 0.5) is 16.3 Å². The zero-order valence-electron chi connectivity index (χ0n) is 19.5. The third-order valence-corrected chi connectivity index (χ3v) is 5.95. The summed E-state index contributed by atoms with van der Waals surface area (Å²) in [5.74, 6) is 2.55. The zero-order valence-corrected chi connectivity index (χ0v) is 19.5. The molecule has 1 saturated heterocycles. The van der Waals surface area contributed by atoms with E-state index in [-0.39, 0.29) is 6.03 Å². The highest BCUT2D eigenvalue weighted by Crippen LogP contribution is 2.26. The van der Waals surface area contributed by atoms with Crippen LogP contribution in [0, 0.1) is 6.92 Å². The van der Waals surface area contributed by atoms with Gasteiger partial charge in [-0.3, -0.25) is 0 Å². The van der Waals surface area contributed by atoms with Gasteiger partial charge in [-0.05, 0) is 43.2 Å². The fraction of sp³-hybridized carbons (Fsp3) is 0.346. The number of rotatable bonds is 6. The monoisotopic (exact) mass is 445 g/mol. The third-order valence-electron chi connectivity index (χ3n) is 5.95. The van der Waals surface area contributed by atoms with E-state index in [2.05, 4.69) is 41.4 Å². The first-order chi connectivity index (χ1) is 16.1. The summed E-state index contributed by atoms with van der Waals surface area (Å²) in [7, 11) is 1.63. The molecule has 2 amide bonds. The van der Waals surface area contributed by atoms with Crippen LogP contribution in [0.1, 0.15) is 29.6 Å². The number of aromatic nitrogens is 2. The van der Waals surface area contributed by atoms with E-state index in [4.69, 9.17) is 14.7 Å². The van der Waals surface area contributed by atoms with Crippen LogP contribution in [-0.2, 0) is 12.8 Å². The number of amides is 2. The maximum Gasteiger partial charge on any atom is 0.321 e. The summed E-state index contributed by atoms with van der Waals surface area (Å²) >= 11 is 0. The molecule has 0 atom stereocenters. The average molecular weight is 446 g/mol. The molecule has 7 heteroatoms. The highest BCUT2D eigenvalue weighted by Gasteiger charge is 2.25. The van der Waals surface area contributed by atoms with E-state index in [1.54, 1.807) is 7.11 Å². The van der Waals surface area contributed by atoms with Crippen molar-refractivity contribution in [3.63, 3.8) is 0 Å². The van der Waals surface area contributed by atoms with Gasteiger partial charge in [0.1, 0.15) is 17.4 Å². The molecule has 1 aliphatic heterocycles. The number of carbonyl (C=O) groups excluding carboxylic acids is 1. The second-order valence-electron chi connectivity index (χ2n) is 8.17. The second kappa shape index (κ2) is 10.3. The Bertz CT molecular complexity index is 1080. The number of piperazine rings is 1. The number of ether oxygens (including phenoxy) is 1. The van der Waals surface area contributed by atoms with Gasteiger partial charge in [0.2, 0.25) is 0 Å². The summed E-state index contributed by atoms with van der Waals surface area (Å²) in [4.78, 5) is 26.5. The standard InChI is InChI=1S/C26H31N5O2/c1-4-24-23(18-20-8-6-5-7-9-20)25(28-19(2)27-24)30-14-16-31(17-15-30)26(32)29-21-10-12-22(33-3)13-11-21/h5-13H,4,14-18H2,1-3H3,(H,29,32). The van der Waals surface area contributed by atoms with Crippen LogP contribution < -0.4 is 15.0 Å². The minimum Gasteiger partial charge on any atom is -0.497 e. The van der Waals surface area contributed by atoms with Gasteiger partial charge in [0, 0.05) is 49.5 Å². The van der Waals surface area contributed by atoms with Crippen molar-refractivity contribution in [1.82, 2.24) is 14.9 Å². The first kappa shape index (κ1) is 22.6. The van der Waals surface area contributed by atoms with Gasteiger partial charge >= 0.3 is 6.03 Å². The normalized spacial score (nSPS) is 13.7. The molecule has 2 heterocycles. The van der Waals surface area contributed by atoms with E-state index in [1.165, 1.54) is 11.1 Å². The summed E-state index contributed by atoms with van der Waals surface area (Å²) < 4.78 is 5.18. The lowest BCUT2D eigenvalue weighted by Gasteiger charge is -2.36. The molecule has 0 bridgehead atoms. The number of urea groups is 1. The van der Waals surface area contributed by atoms with Gasteiger partial charge in [-0.2, -0.15) is 0 Å². The van der Waals surface area contributed by atoms with Crippen molar-refractivity contribution in [1.29, 1.82) is 0 Å². The summed E-state index contributed by atoms with van der Waals surface area (Å²) in [6.45, 7) is 6.83. The molecular weight excluding hydrogens is 414 g/mol. The highest BCUT2D eigenvalue weighted by atomic mass is 16.5.